The molecule has 13 heavy (non-hydrogen) atoms. The molecule has 0 saturated heterocycles. The van der Waals surface area contributed by atoms with Crippen LogP contribution in [0.1, 0.15) is 11.1 Å². The monoisotopic (exact) mass is 175 g/mol. The lowest BCUT2D eigenvalue weighted by molar-refractivity contribution is -0.121. The first-order valence-electron chi connectivity index (χ1n) is 3.88. The predicted molar refractivity (Wildman–Crippen MR) is 47.0 cm³/mol. The van der Waals surface area contributed by atoms with Gasteiger partial charge >= 0.3 is 0 Å². The van der Waals surface area contributed by atoms with Gasteiger partial charge in [-0.2, -0.15) is 5.26 Å². The zero-order chi connectivity index (χ0) is 9.68. The molecule has 1 N–H and O–H groups in total. The van der Waals surface area contributed by atoms with Gasteiger partial charge in [-0.15, -0.1) is 0 Å². The third-order valence-corrected chi connectivity index (χ3v) is 1.66. The van der Waals surface area contributed by atoms with Crippen LogP contribution in [0, 0.1) is 11.3 Å². The summed E-state index contributed by atoms with van der Waals surface area (Å²) in [4.78, 5) is 10.8. The molecule has 0 amide bonds. The Morgan fingerprint density at radius 2 is 2.00 bits per heavy atom. The largest absolute Gasteiger partial charge is 0.389 e. The first kappa shape index (κ1) is 9.43. The van der Waals surface area contributed by atoms with E-state index in [2.05, 4.69) is 0 Å². The number of benzene rings is 1. The van der Waals surface area contributed by atoms with Crippen molar-refractivity contribution in [2.45, 2.75) is 6.42 Å². The van der Waals surface area contributed by atoms with E-state index in [0.29, 0.717) is 5.56 Å². The van der Waals surface area contributed by atoms with Crippen molar-refractivity contribution in [2.24, 2.45) is 0 Å². The average Bonchev–Trinajstić information content (AvgIpc) is 2.19. The van der Waals surface area contributed by atoms with Gasteiger partial charge in [0.15, 0.2) is 5.78 Å². The molecule has 1 rings (SSSR count). The van der Waals surface area contributed by atoms with E-state index in [-0.39, 0.29) is 12.2 Å². The maximum absolute atomic E-state index is 10.8. The van der Waals surface area contributed by atoms with Gasteiger partial charge < -0.3 is 5.11 Å². The van der Waals surface area contributed by atoms with E-state index in [9.17, 15) is 4.79 Å². The van der Waals surface area contributed by atoms with Gasteiger partial charge in [0.25, 0.3) is 0 Å². The highest BCUT2D eigenvalue weighted by Crippen LogP contribution is 2.04. The molecule has 3 heteroatoms. The SMILES string of the molecule is N#Cc1ccc(CC(=O)CO)cc1. The van der Waals surface area contributed by atoms with Crippen LogP contribution in [0.4, 0.5) is 0 Å². The summed E-state index contributed by atoms with van der Waals surface area (Å²) < 4.78 is 0. The number of carbonyl (C=O) groups excluding carboxylic acids is 1. The van der Waals surface area contributed by atoms with Gasteiger partial charge in [0.2, 0.25) is 0 Å². The Kier molecular flexibility index (Phi) is 3.18. The van der Waals surface area contributed by atoms with Gasteiger partial charge in [-0.3, -0.25) is 4.79 Å². The van der Waals surface area contributed by atoms with Crippen LogP contribution in [-0.4, -0.2) is 17.5 Å². The molecule has 0 aliphatic rings. The Balaban J connectivity index is 2.71. The van der Waals surface area contributed by atoms with Crippen LogP contribution in [0.2, 0.25) is 0 Å². The highest BCUT2D eigenvalue weighted by atomic mass is 16.3. The number of rotatable bonds is 3. The second-order valence-corrected chi connectivity index (χ2v) is 2.68. The molecular formula is C10H9NO2. The molecule has 0 unspecified atom stereocenters. The molecule has 1 aromatic rings. The summed E-state index contributed by atoms with van der Waals surface area (Å²) in [6.07, 6.45) is 0.224. The molecule has 1 aromatic carbocycles. The van der Waals surface area contributed by atoms with Crippen molar-refractivity contribution in [2.75, 3.05) is 6.61 Å². The van der Waals surface area contributed by atoms with Gasteiger partial charge in [0, 0.05) is 6.42 Å². The van der Waals surface area contributed by atoms with Gasteiger partial charge in [0.1, 0.15) is 6.61 Å². The Morgan fingerprint density at radius 1 is 1.38 bits per heavy atom. The number of nitriles is 1. The third-order valence-electron chi connectivity index (χ3n) is 1.66. The molecular weight excluding hydrogens is 166 g/mol. The first-order valence-corrected chi connectivity index (χ1v) is 3.88. The van der Waals surface area contributed by atoms with Gasteiger partial charge in [0.05, 0.1) is 11.6 Å². The minimum Gasteiger partial charge on any atom is -0.389 e. The number of aliphatic hydroxyl groups is 1. The Bertz CT molecular complexity index is 335. The molecule has 0 spiro atoms. The summed E-state index contributed by atoms with van der Waals surface area (Å²) in [5.41, 5.74) is 1.39. The van der Waals surface area contributed by atoms with E-state index in [1.807, 2.05) is 6.07 Å². The van der Waals surface area contributed by atoms with E-state index in [1.165, 1.54) is 0 Å². The molecule has 0 heterocycles. The second-order valence-electron chi connectivity index (χ2n) is 2.68. The van der Waals surface area contributed by atoms with Crippen molar-refractivity contribution in [1.82, 2.24) is 0 Å². The van der Waals surface area contributed by atoms with Crippen molar-refractivity contribution >= 4 is 5.78 Å². The molecule has 0 radical (unpaired) electrons. The minimum atomic E-state index is -0.431. The second kappa shape index (κ2) is 4.39. The lowest BCUT2D eigenvalue weighted by Crippen LogP contribution is -2.06. The normalized spacial score (nSPS) is 9.23. The standard InChI is InChI=1S/C10H9NO2/c11-6-9-3-1-8(2-4-9)5-10(13)7-12/h1-4,12H,5,7H2. The number of hydrogen-bond donors (Lipinski definition) is 1. The number of Topliss-reactive ketones (excluding diaryl/α,β-unsaturated/α-hetero) is 1. The quantitative estimate of drug-likeness (QED) is 0.734. The predicted octanol–water partition coefficient (Wildman–Crippen LogP) is 0.662. The Labute approximate surface area is 76.2 Å². The molecule has 0 aliphatic carbocycles. The zero-order valence-corrected chi connectivity index (χ0v) is 7.03. The fourth-order valence-electron chi connectivity index (χ4n) is 0.981. The van der Waals surface area contributed by atoms with Gasteiger partial charge in [-0.1, -0.05) is 12.1 Å². The van der Waals surface area contributed by atoms with E-state index < -0.39 is 6.61 Å². The summed E-state index contributed by atoms with van der Waals surface area (Å²) in [6, 6.07) is 8.72. The number of carbonyl (C=O) groups is 1. The summed E-state index contributed by atoms with van der Waals surface area (Å²) in [7, 11) is 0. The van der Waals surface area contributed by atoms with Crippen molar-refractivity contribution < 1.29 is 9.90 Å². The lowest BCUT2D eigenvalue weighted by atomic mass is 10.1. The average molecular weight is 175 g/mol. The van der Waals surface area contributed by atoms with E-state index in [0.717, 1.165) is 5.56 Å². The maximum atomic E-state index is 10.8. The van der Waals surface area contributed by atoms with Crippen LogP contribution < -0.4 is 0 Å². The first-order chi connectivity index (χ1) is 6.26. The van der Waals surface area contributed by atoms with Crippen LogP contribution in [0.15, 0.2) is 24.3 Å². The van der Waals surface area contributed by atoms with Gasteiger partial charge in [-0.05, 0) is 17.7 Å². The van der Waals surface area contributed by atoms with Crippen molar-refractivity contribution in [3.8, 4) is 6.07 Å². The minimum absolute atomic E-state index is 0.218. The molecule has 0 bridgehead atoms. The Morgan fingerprint density at radius 3 is 2.46 bits per heavy atom. The molecule has 0 saturated carbocycles. The molecule has 0 aliphatic heterocycles. The highest BCUT2D eigenvalue weighted by Gasteiger charge is 2.01. The van der Waals surface area contributed by atoms with Crippen molar-refractivity contribution in [3.05, 3.63) is 35.4 Å². The fourth-order valence-corrected chi connectivity index (χ4v) is 0.981. The summed E-state index contributed by atoms with van der Waals surface area (Å²) in [5.74, 6) is -0.218. The topological polar surface area (TPSA) is 61.1 Å². The van der Waals surface area contributed by atoms with E-state index in [1.54, 1.807) is 24.3 Å². The van der Waals surface area contributed by atoms with E-state index in [4.69, 9.17) is 10.4 Å². The maximum Gasteiger partial charge on any atom is 0.162 e. The summed E-state index contributed by atoms with van der Waals surface area (Å²) in [6.45, 7) is -0.431. The fraction of sp³-hybridized carbons (Fsp3) is 0.200. The highest BCUT2D eigenvalue weighted by molar-refractivity contribution is 5.81. The number of hydrogen-bond acceptors (Lipinski definition) is 3. The van der Waals surface area contributed by atoms with Crippen LogP contribution >= 0.6 is 0 Å². The van der Waals surface area contributed by atoms with Crippen LogP contribution in [0.3, 0.4) is 0 Å². The van der Waals surface area contributed by atoms with Crippen LogP contribution in [0.5, 0.6) is 0 Å². The molecule has 0 fully saturated rings. The lowest BCUT2D eigenvalue weighted by Gasteiger charge is -1.97. The van der Waals surface area contributed by atoms with E-state index >= 15 is 0 Å². The number of ketones is 1. The third kappa shape index (κ3) is 2.69. The van der Waals surface area contributed by atoms with Crippen molar-refractivity contribution in [3.63, 3.8) is 0 Å². The number of aliphatic hydroxyl groups excluding tert-OH is 1. The smallest absolute Gasteiger partial charge is 0.162 e. The molecule has 3 nitrogen and oxygen atoms in total. The summed E-state index contributed by atoms with van der Waals surface area (Å²) in [5, 5.41) is 17.0. The van der Waals surface area contributed by atoms with Crippen LogP contribution in [0.25, 0.3) is 0 Å². The van der Waals surface area contributed by atoms with Crippen molar-refractivity contribution in [1.29, 1.82) is 5.26 Å². The molecule has 0 aromatic heterocycles. The Hall–Kier alpha value is -1.66. The summed E-state index contributed by atoms with van der Waals surface area (Å²) >= 11 is 0. The zero-order valence-electron chi connectivity index (χ0n) is 7.03. The van der Waals surface area contributed by atoms with Crippen LogP contribution in [-0.2, 0) is 11.2 Å². The number of nitrogens with zero attached hydrogens (tertiary/aromatic N) is 1. The van der Waals surface area contributed by atoms with Gasteiger partial charge in [-0.25, -0.2) is 0 Å². The molecule has 66 valence electrons. The molecule has 0 atom stereocenters.